The summed E-state index contributed by atoms with van der Waals surface area (Å²) in [6, 6.07) is -0.383. The molecule has 2 unspecified atom stereocenters. The number of nitrogens with one attached hydrogen (secondary N) is 3. The summed E-state index contributed by atoms with van der Waals surface area (Å²) in [5.74, 6) is 0.502. The molecule has 0 aromatic rings. The van der Waals surface area contributed by atoms with E-state index in [2.05, 4.69) is 29.8 Å². The number of carbonyl (C=O) groups excluding carboxylic acids is 3. The molecule has 0 fully saturated rings. The van der Waals surface area contributed by atoms with Crippen molar-refractivity contribution in [3.05, 3.63) is 0 Å². The van der Waals surface area contributed by atoms with E-state index < -0.39 is 0 Å². The van der Waals surface area contributed by atoms with Crippen LogP contribution in [0.3, 0.4) is 0 Å². The fourth-order valence-electron chi connectivity index (χ4n) is 2.38. The molecule has 0 aromatic heterocycles. The van der Waals surface area contributed by atoms with Crippen LogP contribution in [0.2, 0.25) is 0 Å². The summed E-state index contributed by atoms with van der Waals surface area (Å²) in [5, 5.41) is 7.78. The van der Waals surface area contributed by atoms with Gasteiger partial charge < -0.3 is 20.9 Å². The van der Waals surface area contributed by atoms with Crippen molar-refractivity contribution in [2.24, 2.45) is 11.8 Å². The normalized spacial score (nSPS) is 13.1. The third kappa shape index (κ3) is 8.74. The Morgan fingerprint density at radius 2 is 1.71 bits per heavy atom. The zero-order chi connectivity index (χ0) is 18.7. The van der Waals surface area contributed by atoms with Crippen molar-refractivity contribution >= 4 is 17.8 Å². The van der Waals surface area contributed by atoms with Gasteiger partial charge in [0.2, 0.25) is 11.8 Å². The summed E-state index contributed by atoms with van der Waals surface area (Å²) < 4.78 is 0. The Bertz CT molecular complexity index is 413. The molecule has 7 nitrogen and oxygen atoms in total. The molecule has 7 heteroatoms. The number of hydrogen-bond donors (Lipinski definition) is 3. The Labute approximate surface area is 145 Å². The van der Waals surface area contributed by atoms with Crippen molar-refractivity contribution in [3.63, 3.8) is 0 Å². The second kappa shape index (κ2) is 11.7. The van der Waals surface area contributed by atoms with Crippen molar-refractivity contribution in [2.45, 2.75) is 53.0 Å². The number of carbonyl (C=O) groups is 3. The van der Waals surface area contributed by atoms with E-state index in [4.69, 9.17) is 0 Å². The van der Waals surface area contributed by atoms with Crippen molar-refractivity contribution in [2.75, 3.05) is 27.2 Å². The molecule has 0 aromatic carbocycles. The molecule has 24 heavy (non-hydrogen) atoms. The van der Waals surface area contributed by atoms with Gasteiger partial charge in [0.05, 0.1) is 0 Å². The zero-order valence-electron chi connectivity index (χ0n) is 15.9. The van der Waals surface area contributed by atoms with Crippen LogP contribution in [-0.4, -0.2) is 56.0 Å². The number of urea groups is 1. The minimum Gasteiger partial charge on any atom is -0.354 e. The van der Waals surface area contributed by atoms with E-state index in [-0.39, 0.29) is 42.8 Å². The lowest BCUT2D eigenvalue weighted by Gasteiger charge is -2.29. The molecular formula is C17H34N4O3. The van der Waals surface area contributed by atoms with Crippen LogP contribution >= 0.6 is 0 Å². The molecule has 0 bridgehead atoms. The summed E-state index contributed by atoms with van der Waals surface area (Å²) in [4.78, 5) is 37.0. The zero-order valence-corrected chi connectivity index (χ0v) is 15.9. The fourth-order valence-corrected chi connectivity index (χ4v) is 2.38. The van der Waals surface area contributed by atoms with E-state index in [1.165, 1.54) is 7.05 Å². The molecule has 0 saturated carbocycles. The smallest absolute Gasteiger partial charge is 0.314 e. The second-order valence-electron chi connectivity index (χ2n) is 6.59. The molecule has 0 heterocycles. The Balaban J connectivity index is 4.24. The predicted octanol–water partition coefficient (Wildman–Crippen LogP) is 1.34. The third-order valence-corrected chi connectivity index (χ3v) is 4.07. The molecule has 0 aliphatic heterocycles. The molecule has 0 rings (SSSR count). The van der Waals surface area contributed by atoms with Gasteiger partial charge in [-0.1, -0.05) is 20.8 Å². The number of hydrogen-bond acceptors (Lipinski definition) is 3. The van der Waals surface area contributed by atoms with Gasteiger partial charge >= 0.3 is 6.03 Å². The average molecular weight is 342 g/mol. The Kier molecular flexibility index (Phi) is 10.8. The lowest BCUT2D eigenvalue weighted by molar-refractivity contribution is -0.137. The van der Waals surface area contributed by atoms with Crippen LogP contribution in [0.25, 0.3) is 0 Å². The van der Waals surface area contributed by atoms with Crippen LogP contribution < -0.4 is 16.0 Å². The average Bonchev–Trinajstić information content (AvgIpc) is 2.55. The van der Waals surface area contributed by atoms with E-state index in [9.17, 15) is 14.4 Å². The molecular weight excluding hydrogens is 308 g/mol. The summed E-state index contributed by atoms with van der Waals surface area (Å²) in [6.45, 7) is 8.87. The van der Waals surface area contributed by atoms with Crippen LogP contribution in [0.1, 0.15) is 47.0 Å². The molecule has 0 spiro atoms. The summed E-state index contributed by atoms with van der Waals surface area (Å²) in [5.41, 5.74) is 0. The van der Waals surface area contributed by atoms with Crippen LogP contribution in [0.4, 0.5) is 4.79 Å². The van der Waals surface area contributed by atoms with Crippen LogP contribution in [0.15, 0.2) is 0 Å². The van der Waals surface area contributed by atoms with Crippen LogP contribution in [0.5, 0.6) is 0 Å². The first-order valence-electron chi connectivity index (χ1n) is 8.71. The van der Waals surface area contributed by atoms with Crippen molar-refractivity contribution in [1.29, 1.82) is 0 Å². The van der Waals surface area contributed by atoms with E-state index in [0.717, 1.165) is 12.8 Å². The number of nitrogens with zero attached hydrogens (tertiary/aromatic N) is 1. The van der Waals surface area contributed by atoms with Gasteiger partial charge in [-0.15, -0.1) is 0 Å². The van der Waals surface area contributed by atoms with E-state index >= 15 is 0 Å². The summed E-state index contributed by atoms with van der Waals surface area (Å²) in [7, 11) is 3.31. The van der Waals surface area contributed by atoms with Gasteiger partial charge in [0.15, 0.2) is 0 Å². The highest BCUT2D eigenvalue weighted by Gasteiger charge is 2.24. The summed E-state index contributed by atoms with van der Waals surface area (Å²) >= 11 is 0. The van der Waals surface area contributed by atoms with Gasteiger partial charge in [0, 0.05) is 45.6 Å². The Morgan fingerprint density at radius 3 is 2.21 bits per heavy atom. The minimum absolute atomic E-state index is 0.0323. The first-order chi connectivity index (χ1) is 11.2. The molecule has 2 atom stereocenters. The number of amides is 4. The van der Waals surface area contributed by atoms with E-state index in [0.29, 0.717) is 12.5 Å². The van der Waals surface area contributed by atoms with Crippen molar-refractivity contribution in [3.8, 4) is 0 Å². The third-order valence-electron chi connectivity index (χ3n) is 4.07. The highest BCUT2D eigenvalue weighted by Crippen LogP contribution is 2.18. The molecule has 0 aliphatic rings. The Morgan fingerprint density at radius 1 is 1.08 bits per heavy atom. The number of likely N-dealkylation sites (N-methyl/N-ethyl adjacent to an activating group) is 1. The first-order valence-corrected chi connectivity index (χ1v) is 8.71. The number of rotatable bonds is 10. The van der Waals surface area contributed by atoms with Gasteiger partial charge in [0.25, 0.3) is 0 Å². The van der Waals surface area contributed by atoms with E-state index in [1.807, 2.05) is 13.8 Å². The molecule has 0 aliphatic carbocycles. The predicted molar refractivity (Wildman–Crippen MR) is 95.6 cm³/mol. The van der Waals surface area contributed by atoms with Crippen molar-refractivity contribution in [1.82, 2.24) is 20.9 Å². The van der Waals surface area contributed by atoms with Gasteiger partial charge in [-0.3, -0.25) is 9.59 Å². The van der Waals surface area contributed by atoms with Gasteiger partial charge in [-0.2, -0.15) is 0 Å². The maximum absolute atomic E-state index is 12.5. The Hall–Kier alpha value is -1.79. The SMILES string of the molecule is CCC(CC(C)C)C(=O)N(C)C(C)CNC(=O)CCNC(=O)NC. The maximum Gasteiger partial charge on any atom is 0.314 e. The van der Waals surface area contributed by atoms with Crippen LogP contribution in [-0.2, 0) is 9.59 Å². The molecule has 0 radical (unpaired) electrons. The van der Waals surface area contributed by atoms with E-state index in [1.54, 1.807) is 11.9 Å². The molecule has 4 amide bonds. The molecule has 0 saturated heterocycles. The lowest BCUT2D eigenvalue weighted by Crippen LogP contribution is -2.45. The highest BCUT2D eigenvalue weighted by molar-refractivity contribution is 5.79. The maximum atomic E-state index is 12.5. The van der Waals surface area contributed by atoms with Gasteiger partial charge in [-0.05, 0) is 25.7 Å². The molecule has 3 N–H and O–H groups in total. The van der Waals surface area contributed by atoms with Crippen LogP contribution in [0, 0.1) is 11.8 Å². The quantitative estimate of drug-likeness (QED) is 0.559. The van der Waals surface area contributed by atoms with Gasteiger partial charge in [0.1, 0.15) is 0 Å². The topological polar surface area (TPSA) is 90.5 Å². The first kappa shape index (κ1) is 22.2. The summed E-state index contributed by atoms with van der Waals surface area (Å²) in [6.07, 6.45) is 1.91. The standard InChI is InChI=1S/C17H34N4O3/c1-7-14(10-12(2)3)16(23)21(6)13(4)11-20-15(22)8-9-19-17(24)18-5/h12-14H,7-11H2,1-6H3,(H,20,22)(H2,18,19,24). The minimum atomic E-state index is -0.308. The largest absolute Gasteiger partial charge is 0.354 e. The molecule has 140 valence electrons. The fraction of sp³-hybridized carbons (Fsp3) is 0.824. The lowest BCUT2D eigenvalue weighted by atomic mass is 9.93. The highest BCUT2D eigenvalue weighted by atomic mass is 16.2. The van der Waals surface area contributed by atoms with Gasteiger partial charge in [-0.25, -0.2) is 4.79 Å². The second-order valence-corrected chi connectivity index (χ2v) is 6.59. The monoisotopic (exact) mass is 342 g/mol. The van der Waals surface area contributed by atoms with Crippen molar-refractivity contribution < 1.29 is 14.4 Å².